The van der Waals surface area contributed by atoms with Crippen LogP contribution in [0.4, 0.5) is 5.69 Å². The molecule has 3 aromatic rings. The first-order chi connectivity index (χ1) is 12.0. The van der Waals surface area contributed by atoms with Gasteiger partial charge in [0.2, 0.25) is 5.91 Å². The van der Waals surface area contributed by atoms with Gasteiger partial charge in [0.25, 0.3) is 11.6 Å². The van der Waals surface area contributed by atoms with Gasteiger partial charge < -0.3 is 0 Å². The maximum Gasteiger partial charge on any atom is 0.270 e. The van der Waals surface area contributed by atoms with Crippen LogP contribution in [0.15, 0.2) is 52.9 Å². The maximum atomic E-state index is 11.9. The number of benzene rings is 2. The van der Waals surface area contributed by atoms with E-state index in [4.69, 9.17) is 0 Å². The number of thiazole rings is 1. The van der Waals surface area contributed by atoms with Crippen LogP contribution in [0, 0.1) is 10.1 Å². The number of hydrogen-bond donors (Lipinski definition) is 1. The fourth-order valence-corrected chi connectivity index (χ4v) is 3.92. The SMILES string of the molecule is O=C(CSc1nc2ccc([N+](=O)[O-])cc2s1)NC(=O)c1ccccc1. The molecule has 0 bridgehead atoms. The number of amides is 2. The Labute approximate surface area is 150 Å². The molecule has 3 rings (SSSR count). The predicted octanol–water partition coefficient (Wildman–Crippen LogP) is 3.25. The largest absolute Gasteiger partial charge is 0.292 e. The highest BCUT2D eigenvalue weighted by Crippen LogP contribution is 2.31. The number of fused-ring (bicyclic) bond motifs is 1. The van der Waals surface area contributed by atoms with E-state index in [0.717, 1.165) is 0 Å². The molecule has 25 heavy (non-hydrogen) atoms. The second-order valence-corrected chi connectivity index (χ2v) is 7.17. The van der Waals surface area contributed by atoms with Crippen LogP contribution in [0.5, 0.6) is 0 Å². The lowest BCUT2D eigenvalue weighted by Gasteiger charge is -2.02. The van der Waals surface area contributed by atoms with Gasteiger partial charge >= 0.3 is 0 Å². The summed E-state index contributed by atoms with van der Waals surface area (Å²) in [6, 6.07) is 12.9. The normalized spacial score (nSPS) is 10.6. The van der Waals surface area contributed by atoms with Crippen LogP contribution >= 0.6 is 23.1 Å². The third-order valence-corrected chi connectivity index (χ3v) is 5.34. The Morgan fingerprint density at radius 2 is 1.96 bits per heavy atom. The lowest BCUT2D eigenvalue weighted by molar-refractivity contribution is -0.384. The smallest absolute Gasteiger partial charge is 0.270 e. The van der Waals surface area contributed by atoms with Crippen molar-refractivity contribution >= 4 is 50.8 Å². The van der Waals surface area contributed by atoms with Crippen LogP contribution in [-0.2, 0) is 4.79 Å². The van der Waals surface area contributed by atoms with E-state index in [9.17, 15) is 19.7 Å². The fraction of sp³-hybridized carbons (Fsp3) is 0.0625. The van der Waals surface area contributed by atoms with Crippen LogP contribution in [0.25, 0.3) is 10.2 Å². The highest BCUT2D eigenvalue weighted by Gasteiger charge is 2.13. The van der Waals surface area contributed by atoms with Gasteiger partial charge in [-0.3, -0.25) is 25.0 Å². The Bertz CT molecular complexity index is 956. The molecule has 0 aliphatic heterocycles. The van der Waals surface area contributed by atoms with E-state index in [1.807, 2.05) is 0 Å². The van der Waals surface area contributed by atoms with Crippen LogP contribution in [0.1, 0.15) is 10.4 Å². The molecule has 9 heteroatoms. The molecule has 1 heterocycles. The van der Waals surface area contributed by atoms with Gasteiger partial charge in [0.1, 0.15) is 0 Å². The van der Waals surface area contributed by atoms with Crippen LogP contribution in [-0.4, -0.2) is 27.5 Å². The van der Waals surface area contributed by atoms with E-state index >= 15 is 0 Å². The molecular formula is C16H11N3O4S2. The Morgan fingerprint density at radius 1 is 1.20 bits per heavy atom. The average molecular weight is 373 g/mol. The summed E-state index contributed by atoms with van der Waals surface area (Å²) in [6.45, 7) is 0. The van der Waals surface area contributed by atoms with Crippen molar-refractivity contribution in [2.75, 3.05) is 5.75 Å². The number of carbonyl (C=O) groups excluding carboxylic acids is 2. The highest BCUT2D eigenvalue weighted by atomic mass is 32.2. The molecule has 0 fully saturated rings. The Hall–Kier alpha value is -2.78. The van der Waals surface area contributed by atoms with Gasteiger partial charge in [-0.25, -0.2) is 4.98 Å². The molecular weight excluding hydrogens is 362 g/mol. The van der Waals surface area contributed by atoms with E-state index in [1.54, 1.807) is 36.4 Å². The van der Waals surface area contributed by atoms with Crippen molar-refractivity contribution in [1.82, 2.24) is 10.3 Å². The number of thioether (sulfide) groups is 1. The minimum absolute atomic E-state index is 0.00102. The number of imide groups is 1. The zero-order valence-electron chi connectivity index (χ0n) is 12.7. The number of nitro groups is 1. The second kappa shape index (κ2) is 7.41. The van der Waals surface area contributed by atoms with E-state index in [1.165, 1.54) is 35.2 Å². The van der Waals surface area contributed by atoms with Gasteiger partial charge in [0.05, 0.1) is 20.9 Å². The second-order valence-electron chi connectivity index (χ2n) is 4.92. The van der Waals surface area contributed by atoms with Gasteiger partial charge in [0, 0.05) is 17.7 Å². The van der Waals surface area contributed by atoms with Crippen molar-refractivity contribution in [2.24, 2.45) is 0 Å². The molecule has 0 spiro atoms. The quantitative estimate of drug-likeness (QED) is 0.418. The minimum Gasteiger partial charge on any atom is -0.292 e. The van der Waals surface area contributed by atoms with Gasteiger partial charge in [0.15, 0.2) is 4.34 Å². The predicted molar refractivity (Wildman–Crippen MR) is 95.9 cm³/mol. The number of hydrogen-bond acceptors (Lipinski definition) is 7. The summed E-state index contributed by atoms with van der Waals surface area (Å²) in [5.74, 6) is -0.851. The number of nitrogens with zero attached hydrogens (tertiary/aromatic N) is 2. The molecule has 7 nitrogen and oxygen atoms in total. The summed E-state index contributed by atoms with van der Waals surface area (Å²) in [7, 11) is 0. The zero-order valence-corrected chi connectivity index (χ0v) is 14.3. The van der Waals surface area contributed by atoms with E-state index in [2.05, 4.69) is 10.3 Å². The Kier molecular flexibility index (Phi) is 5.05. The minimum atomic E-state index is -0.464. The zero-order chi connectivity index (χ0) is 17.8. The molecule has 0 radical (unpaired) electrons. The van der Waals surface area contributed by atoms with Crippen molar-refractivity contribution in [1.29, 1.82) is 0 Å². The van der Waals surface area contributed by atoms with Gasteiger partial charge in [-0.2, -0.15) is 0 Å². The monoisotopic (exact) mass is 373 g/mol. The van der Waals surface area contributed by atoms with Crippen LogP contribution in [0.2, 0.25) is 0 Å². The van der Waals surface area contributed by atoms with Crippen molar-refractivity contribution < 1.29 is 14.5 Å². The Morgan fingerprint density at radius 3 is 2.68 bits per heavy atom. The third kappa shape index (κ3) is 4.20. The van der Waals surface area contributed by atoms with E-state index in [-0.39, 0.29) is 11.4 Å². The molecule has 0 saturated heterocycles. The van der Waals surface area contributed by atoms with Crippen molar-refractivity contribution in [3.05, 3.63) is 64.2 Å². The number of non-ortho nitro benzene ring substituents is 1. The number of carbonyl (C=O) groups is 2. The summed E-state index contributed by atoms with van der Waals surface area (Å²) in [4.78, 5) is 38.4. The van der Waals surface area contributed by atoms with E-state index < -0.39 is 16.7 Å². The molecule has 0 unspecified atom stereocenters. The molecule has 1 N–H and O–H groups in total. The molecule has 2 amide bonds. The summed E-state index contributed by atoms with van der Waals surface area (Å²) in [6.07, 6.45) is 0. The topological polar surface area (TPSA) is 102 Å². The van der Waals surface area contributed by atoms with Gasteiger partial charge in [-0.15, -0.1) is 11.3 Å². The first-order valence-corrected chi connectivity index (χ1v) is 8.90. The van der Waals surface area contributed by atoms with Gasteiger partial charge in [-0.1, -0.05) is 30.0 Å². The summed E-state index contributed by atoms with van der Waals surface area (Å²) in [5.41, 5.74) is 1.05. The molecule has 2 aromatic carbocycles. The standard InChI is InChI=1S/C16H11N3O4S2/c20-14(18-15(21)10-4-2-1-3-5-10)9-24-16-17-12-7-6-11(19(22)23)8-13(12)25-16/h1-8H,9H2,(H,18,20,21). The molecule has 0 atom stereocenters. The Balaban J connectivity index is 1.61. The first-order valence-electron chi connectivity index (χ1n) is 7.10. The summed E-state index contributed by atoms with van der Waals surface area (Å²) in [5, 5.41) is 13.1. The number of rotatable bonds is 5. The summed E-state index contributed by atoms with van der Waals surface area (Å²) >= 11 is 2.45. The maximum absolute atomic E-state index is 11.9. The molecule has 0 aliphatic carbocycles. The summed E-state index contributed by atoms with van der Waals surface area (Å²) < 4.78 is 1.29. The van der Waals surface area contributed by atoms with Crippen LogP contribution < -0.4 is 5.32 Å². The van der Waals surface area contributed by atoms with Crippen LogP contribution in [0.3, 0.4) is 0 Å². The number of aromatic nitrogens is 1. The lowest BCUT2D eigenvalue weighted by atomic mass is 10.2. The number of nitro benzene ring substituents is 1. The average Bonchev–Trinajstić information content (AvgIpc) is 3.02. The number of nitrogens with one attached hydrogen (secondary N) is 1. The van der Waals surface area contributed by atoms with Crippen molar-refractivity contribution in [3.63, 3.8) is 0 Å². The molecule has 0 aliphatic rings. The van der Waals surface area contributed by atoms with Gasteiger partial charge in [-0.05, 0) is 18.2 Å². The lowest BCUT2D eigenvalue weighted by Crippen LogP contribution is -2.31. The molecule has 0 saturated carbocycles. The first kappa shape index (κ1) is 17.1. The molecule has 126 valence electrons. The highest BCUT2D eigenvalue weighted by molar-refractivity contribution is 8.01. The van der Waals surface area contributed by atoms with Crippen molar-refractivity contribution in [3.8, 4) is 0 Å². The van der Waals surface area contributed by atoms with Crippen molar-refractivity contribution in [2.45, 2.75) is 4.34 Å². The fourth-order valence-electron chi connectivity index (χ4n) is 2.02. The molecule has 1 aromatic heterocycles. The van der Waals surface area contributed by atoms with E-state index in [0.29, 0.717) is 20.1 Å². The third-order valence-electron chi connectivity index (χ3n) is 3.18.